The number of rotatable bonds is 25. The standard InChI is InChI=1S/C17H14N2O4.C11H13NO4.C10H12N2O3.C10H10N2O2.C9H10ClNO2.C9H12N2O2.C9H11NO3.C8H8N2O.C8H5NO2.CH2O2.CH4.B.Cl3OP.Cl2OS.K.H4N2.H3N.2Na.H2O.2H/c1-2-23-17(22)14-9-5-6-11(18-14)10-19-15(20)12-7-3-4-8-13(12)16(19)21;1-3-15-10(13)8-6-5-7-9(12-8)11(14)16-4-2;1-2-15-10(14)9-5-3-4-8(12-9)6-11-7-13;1-2-14-10(13)9-5-3-4-8-6-11-7-12(8)9;2*1-2-13-9(12)8-5-3-4-7(6-10)11-8;1-2-13-9(12)8-5-3-4-7(6-11)10-8;11-5-8-3-1-2-7-4-9-6-10(7)8;10-7-5-3-1-2-4-6(5)8(11)9-7;2-1-3;;;1-5(2,3)4;1-4(2)3;;1-2;;;;;;/h3-9H,2,10H2,1H3;5-7H,3-4H2,1-2H3;3-5,7H,2,6H2,1H3,(H,11,13);3-7H,2H2,1H3;3-5H,2,6H2,1H3;3-5H,2,6,10H2,1H3;3-5,11H,2,6H2,1H3;1-4,6,11H,5H2;1-4H,(H,9,10,11);1H,(H,2,3);1H4;;;;;1-2H2;1H3;;;1H2;;/q;;;;;;;;;;;;;;+1;;;2*+1;;2*-1/p-1. The first-order chi connectivity index (χ1) is 68.6. The number of fused-ring (bicyclic) bond motifs is 4. The largest absolute Gasteiger partial charge is 1.00 e. The molecule has 0 atom stereocenters. The molecule has 12 aromatic rings. The Morgan fingerprint density at radius 1 is 0.447 bits per heavy atom. The molecule has 2 aromatic carbocycles. The number of hydrogen-bond acceptors (Lipinski definition) is 38. The van der Waals surface area contributed by atoms with Crippen molar-refractivity contribution in [2.75, 3.05) is 52.9 Å². The Labute approximate surface area is 985 Å². The molecule has 0 saturated heterocycles. The Balaban J connectivity index is -0.000000252. The van der Waals surface area contributed by atoms with Gasteiger partial charge in [-0.2, -0.15) is 0 Å². The topological polar surface area (TPSA) is 694 Å². The summed E-state index contributed by atoms with van der Waals surface area (Å²) in [5.74, 6) is 3.07. The fourth-order valence-electron chi connectivity index (χ4n) is 10.7. The van der Waals surface area contributed by atoms with Crippen LogP contribution in [0.15, 0.2) is 219 Å². The maximum Gasteiger partial charge on any atom is 1.00 e. The molecule has 45 nitrogen and oxygen atoms in total. The summed E-state index contributed by atoms with van der Waals surface area (Å²) < 4.78 is 60.6. The van der Waals surface area contributed by atoms with Crippen molar-refractivity contribution in [2.24, 2.45) is 17.4 Å². The number of nitrogens with zero attached hydrogens (tertiary/aromatic N) is 12. The Morgan fingerprint density at radius 3 is 1.07 bits per heavy atom. The number of ether oxygens (including phenoxy) is 8. The van der Waals surface area contributed by atoms with Crippen molar-refractivity contribution in [1.29, 1.82) is 0 Å². The van der Waals surface area contributed by atoms with E-state index < -0.39 is 68.0 Å². The maximum absolute atomic E-state index is 12.3. The molecule has 57 heteroatoms. The molecule has 12 heterocycles. The summed E-state index contributed by atoms with van der Waals surface area (Å²) in [4.78, 5) is 189. The van der Waals surface area contributed by atoms with E-state index in [2.05, 4.69) is 117 Å². The minimum atomic E-state index is -3.22. The molecule has 0 spiro atoms. The molecule has 2 aliphatic rings. The maximum atomic E-state index is 12.3. The van der Waals surface area contributed by atoms with E-state index in [1.807, 2.05) is 34.7 Å². The van der Waals surface area contributed by atoms with Crippen molar-refractivity contribution in [1.82, 2.24) is 65.0 Å². The predicted molar refractivity (Wildman–Crippen MR) is 550 cm³/mol. The second kappa shape index (κ2) is 86.8. The van der Waals surface area contributed by atoms with Gasteiger partial charge in [0.15, 0.2) is 0 Å². The van der Waals surface area contributed by atoms with Gasteiger partial charge in [-0.15, -0.1) is 11.6 Å². The fourth-order valence-corrected chi connectivity index (χ4v) is 10.9. The first kappa shape index (κ1) is 150. The third-order valence-electron chi connectivity index (χ3n) is 16.5. The van der Waals surface area contributed by atoms with Crippen LogP contribution in [0.25, 0.3) is 16.4 Å². The van der Waals surface area contributed by atoms with Gasteiger partial charge in [-0.3, -0.25) is 44.7 Å². The summed E-state index contributed by atoms with van der Waals surface area (Å²) >= 11 is 19.4. The van der Waals surface area contributed by atoms with Gasteiger partial charge in [0.1, 0.15) is 45.6 Å². The number of esters is 8. The van der Waals surface area contributed by atoms with Crippen LogP contribution in [0.4, 0.5) is 0 Å². The summed E-state index contributed by atoms with van der Waals surface area (Å²) in [6.45, 7) is 16.6. The molecule has 0 unspecified atom stereocenters. The van der Waals surface area contributed by atoms with Crippen LogP contribution in [0.3, 0.4) is 0 Å². The molecule has 10 aromatic heterocycles. The number of hydrazine groups is 1. The average molecular weight is 2290 g/mol. The molecule has 0 aliphatic carbocycles. The number of halogens is 6. The number of pyridine rings is 8. The first-order valence-electron chi connectivity index (χ1n) is 41.9. The Morgan fingerprint density at radius 2 is 0.727 bits per heavy atom. The number of benzene rings is 2. The van der Waals surface area contributed by atoms with Crippen LogP contribution in [0.2, 0.25) is 0 Å². The molecule has 3 radical (unpaired) electrons. The second-order valence-electron chi connectivity index (χ2n) is 25.9. The molecule has 5 amide bonds. The van der Waals surface area contributed by atoms with E-state index in [0.717, 1.165) is 21.6 Å². The molecule has 0 bridgehead atoms. The van der Waals surface area contributed by atoms with Crippen LogP contribution < -0.4 is 139 Å². The summed E-state index contributed by atoms with van der Waals surface area (Å²) in [7, 11) is 7.36. The number of carbonyl (C=O) groups is 14. The van der Waals surface area contributed by atoms with Crippen LogP contribution in [-0.4, -0.2) is 224 Å². The van der Waals surface area contributed by atoms with Gasteiger partial charge in [0.05, 0.1) is 173 Å². The van der Waals surface area contributed by atoms with E-state index in [-0.39, 0.29) is 233 Å². The number of aromatic nitrogens is 10. The number of imidazole rings is 2. The summed E-state index contributed by atoms with van der Waals surface area (Å²) in [6.07, 6.45) is 7.34. The van der Waals surface area contributed by atoms with Gasteiger partial charge in [0, 0.05) is 53.1 Å². The van der Waals surface area contributed by atoms with Crippen LogP contribution in [0.5, 0.6) is 0 Å². The number of aliphatic hydroxyl groups excluding tert-OH is 2. The zero-order chi connectivity index (χ0) is 107. The van der Waals surface area contributed by atoms with Crippen molar-refractivity contribution in [2.45, 2.75) is 102 Å². The third kappa shape index (κ3) is 57.1. The molecule has 0 saturated carbocycles. The normalized spacial score (nSPS) is 10.1. The summed E-state index contributed by atoms with van der Waals surface area (Å²) in [6, 6.07) is 53.9. The molecule has 14 rings (SSSR count). The van der Waals surface area contributed by atoms with Gasteiger partial charge in [-0.05, 0) is 198 Å². The van der Waals surface area contributed by atoms with Crippen molar-refractivity contribution in [3.63, 3.8) is 0 Å². The molecule has 150 heavy (non-hydrogen) atoms. The fraction of sp³-hybridized carbons (Fsp3) is 0.247. The van der Waals surface area contributed by atoms with E-state index in [1.54, 1.807) is 230 Å². The number of imide groups is 2. The molecule has 795 valence electrons. The minimum Gasteiger partial charge on any atom is -1.00 e. The van der Waals surface area contributed by atoms with Gasteiger partial charge in [-0.1, -0.05) is 92.4 Å². The number of aliphatic hydroxyl groups is 2. The second-order valence-corrected chi connectivity index (χ2v) is 35.3. The number of amides is 5. The zero-order valence-corrected chi connectivity index (χ0v) is 95.9. The molecular formula is C93H111BCl6KN17Na2O28PS. The van der Waals surface area contributed by atoms with E-state index in [0.29, 0.717) is 126 Å². The predicted octanol–water partition coefficient (Wildman–Crippen LogP) is 4.35. The van der Waals surface area contributed by atoms with Crippen LogP contribution in [0.1, 0.15) is 225 Å². The number of nitrogens with two attached hydrogens (primary N) is 3. The monoisotopic (exact) mass is 2280 g/mol. The van der Waals surface area contributed by atoms with Crippen LogP contribution in [0, 0.1) is 0 Å². The number of alkyl halides is 1. The number of carbonyl (C=O) groups excluding carboxylic acids is 13. The number of hydrogen-bond donors (Lipinski definition) is 8. The number of nitrogens with one attached hydrogen (secondary N) is 1. The van der Waals surface area contributed by atoms with Crippen molar-refractivity contribution in [3.05, 3.63) is 326 Å². The van der Waals surface area contributed by atoms with Crippen LogP contribution >= 0.6 is 71.9 Å². The SMILES string of the molecule is C.CCOC(=O)c1cccc(C(=O)OCC)n1.CCOC(=O)c1cccc(CCl)n1.CCOC(=O)c1cccc(CN)n1.CCOC(=O)c1cccc(CN2C(=O)c3ccccc3C2=O)n1.CCOC(=O)c1cccc(CNC=O)n1.CCOC(=O)c1cccc(CO)n1.CCOC(=O)c1cccc2cncn12.N.NN.O.O=C1[N-]C(=O)c2ccccc21.O=CO.O=P(Cl)(Cl)Cl.O=S(Cl)Cl.OCc1cccc2cncn12.[B].[H-].[H-].[K+].[Na+].[Na+]. The molecule has 15 N–H and O–H groups in total. The summed E-state index contributed by atoms with van der Waals surface area (Å²) in [5, 5.41) is 27.1. The van der Waals surface area contributed by atoms with Gasteiger partial charge < -0.3 is 98.1 Å². The zero-order valence-electron chi connectivity index (χ0n) is 84.5. The number of carboxylic acid groups (broad SMARTS) is 1. The van der Waals surface area contributed by atoms with Crippen molar-refractivity contribution >= 4 is 185 Å². The van der Waals surface area contributed by atoms with E-state index in [4.69, 9.17) is 79.6 Å². The average Bonchev–Trinajstić information content (AvgIpc) is 1.63. The molecular weight excluding hydrogens is 2170 g/mol. The minimum absolute atomic E-state index is 0. The molecule has 2 aliphatic heterocycles. The van der Waals surface area contributed by atoms with Crippen molar-refractivity contribution < 1.29 is 248 Å². The Bertz CT molecular complexity index is 6010. The van der Waals surface area contributed by atoms with E-state index in [1.165, 1.54) is 18.2 Å². The Hall–Kier alpha value is -10.8. The smallest absolute Gasteiger partial charge is 1.00 e. The van der Waals surface area contributed by atoms with Gasteiger partial charge >= 0.3 is 163 Å². The third-order valence-corrected chi connectivity index (χ3v) is 16.7. The van der Waals surface area contributed by atoms with Gasteiger partial charge in [0.25, 0.3) is 18.3 Å². The van der Waals surface area contributed by atoms with Crippen molar-refractivity contribution in [3.8, 4) is 0 Å². The van der Waals surface area contributed by atoms with Crippen LogP contribution in [-0.2, 0) is 100 Å². The van der Waals surface area contributed by atoms with Gasteiger partial charge in [-0.25, -0.2) is 82.4 Å². The van der Waals surface area contributed by atoms with E-state index >= 15 is 0 Å². The quantitative estimate of drug-likeness (QED) is 0.00376. The van der Waals surface area contributed by atoms with Gasteiger partial charge in [0.2, 0.25) is 15.6 Å². The Kier molecular flexibility index (Phi) is 86.7. The van der Waals surface area contributed by atoms with E-state index in [9.17, 15) is 66.9 Å². The summed E-state index contributed by atoms with van der Waals surface area (Å²) in [5.41, 5.74) is 14.6. The molecule has 0 fully saturated rings. The first-order valence-corrected chi connectivity index (χ1v) is 49.6.